The van der Waals surface area contributed by atoms with Crippen molar-refractivity contribution in [3.8, 4) is 0 Å². The molecule has 0 aliphatic carbocycles. The van der Waals surface area contributed by atoms with E-state index >= 15 is 0 Å². The summed E-state index contributed by atoms with van der Waals surface area (Å²) in [6.07, 6.45) is 2.65. The third-order valence-electron chi connectivity index (χ3n) is 4.03. The van der Waals surface area contributed by atoms with E-state index in [4.69, 9.17) is 16.0 Å². The highest BCUT2D eigenvalue weighted by Crippen LogP contribution is 2.36. The van der Waals surface area contributed by atoms with Crippen LogP contribution in [0.3, 0.4) is 0 Å². The van der Waals surface area contributed by atoms with Crippen LogP contribution in [0.25, 0.3) is 0 Å². The first kappa shape index (κ1) is 15.7. The predicted molar refractivity (Wildman–Crippen MR) is 90.6 cm³/mol. The maximum absolute atomic E-state index is 13.3. The van der Waals surface area contributed by atoms with Crippen molar-refractivity contribution in [2.45, 2.75) is 12.7 Å². The SMILES string of the molecule is O=C1c2cccnc2C(Nc2ccc(F)cc2Cl)N1Cc1ccco1. The molecule has 0 fully saturated rings. The van der Waals surface area contributed by atoms with E-state index in [1.807, 2.05) is 0 Å². The molecule has 0 bridgehead atoms. The van der Waals surface area contributed by atoms with Crippen LogP contribution in [-0.2, 0) is 6.54 Å². The Morgan fingerprint density at radius 1 is 1.28 bits per heavy atom. The lowest BCUT2D eigenvalue weighted by Gasteiger charge is -2.26. The quantitative estimate of drug-likeness (QED) is 0.759. The van der Waals surface area contributed by atoms with Crippen LogP contribution in [0.1, 0.15) is 28.0 Å². The van der Waals surface area contributed by atoms with Crippen molar-refractivity contribution in [2.24, 2.45) is 0 Å². The molecule has 0 radical (unpaired) electrons. The number of furan rings is 1. The van der Waals surface area contributed by atoms with Crippen LogP contribution in [0.2, 0.25) is 5.02 Å². The molecule has 3 heterocycles. The van der Waals surface area contributed by atoms with Crippen molar-refractivity contribution < 1.29 is 13.6 Å². The highest BCUT2D eigenvalue weighted by Gasteiger charge is 2.38. The first-order valence-electron chi connectivity index (χ1n) is 7.63. The Hall–Kier alpha value is -2.86. The van der Waals surface area contributed by atoms with Gasteiger partial charge in [0.1, 0.15) is 17.7 Å². The normalized spacial score (nSPS) is 16.2. The van der Waals surface area contributed by atoms with Crippen molar-refractivity contribution in [3.63, 3.8) is 0 Å². The summed E-state index contributed by atoms with van der Waals surface area (Å²) in [5.74, 6) is 0.0670. The molecule has 0 saturated heterocycles. The number of carbonyl (C=O) groups is 1. The fourth-order valence-corrected chi connectivity index (χ4v) is 3.09. The van der Waals surface area contributed by atoms with E-state index in [-0.39, 0.29) is 17.5 Å². The van der Waals surface area contributed by atoms with E-state index in [9.17, 15) is 9.18 Å². The van der Waals surface area contributed by atoms with Gasteiger partial charge in [0, 0.05) is 6.20 Å². The number of benzene rings is 1. The second kappa shape index (κ2) is 6.22. The van der Waals surface area contributed by atoms with E-state index < -0.39 is 12.0 Å². The summed E-state index contributed by atoms with van der Waals surface area (Å²) in [4.78, 5) is 18.7. The Labute approximate surface area is 148 Å². The van der Waals surface area contributed by atoms with Crippen LogP contribution in [0.15, 0.2) is 59.3 Å². The van der Waals surface area contributed by atoms with E-state index in [2.05, 4.69) is 10.3 Å². The lowest BCUT2D eigenvalue weighted by Crippen LogP contribution is -2.32. The van der Waals surface area contributed by atoms with Crippen molar-refractivity contribution >= 4 is 23.2 Å². The standard InChI is InChI=1S/C18H13ClFN3O2/c19-14-9-11(20)5-6-15(14)22-17-16-13(4-1-7-21-16)18(24)23(17)10-12-3-2-8-25-12/h1-9,17,22H,10H2. The van der Waals surface area contributed by atoms with E-state index in [0.717, 1.165) is 0 Å². The van der Waals surface area contributed by atoms with Crippen LogP contribution in [0, 0.1) is 5.82 Å². The third kappa shape index (κ3) is 2.85. The van der Waals surface area contributed by atoms with Crippen LogP contribution in [0.4, 0.5) is 10.1 Å². The van der Waals surface area contributed by atoms with Gasteiger partial charge in [0.15, 0.2) is 0 Å². The molecule has 1 unspecified atom stereocenters. The van der Waals surface area contributed by atoms with Crippen molar-refractivity contribution in [1.29, 1.82) is 0 Å². The summed E-state index contributed by atoms with van der Waals surface area (Å²) in [5, 5.41) is 3.42. The number of rotatable bonds is 4. The summed E-state index contributed by atoms with van der Waals surface area (Å²) >= 11 is 6.12. The second-order valence-corrected chi connectivity index (χ2v) is 6.03. The molecule has 1 atom stereocenters. The molecule has 1 aliphatic heterocycles. The average molecular weight is 358 g/mol. The first-order valence-corrected chi connectivity index (χ1v) is 8.01. The monoisotopic (exact) mass is 357 g/mol. The lowest BCUT2D eigenvalue weighted by atomic mass is 10.2. The second-order valence-electron chi connectivity index (χ2n) is 5.62. The van der Waals surface area contributed by atoms with Gasteiger partial charge in [-0.1, -0.05) is 11.6 Å². The number of anilines is 1. The van der Waals surface area contributed by atoms with Crippen molar-refractivity contribution in [2.75, 3.05) is 5.32 Å². The number of aromatic nitrogens is 1. The van der Waals surface area contributed by atoms with E-state index in [1.54, 1.807) is 41.6 Å². The number of pyridine rings is 1. The molecule has 1 N–H and O–H groups in total. The Morgan fingerprint density at radius 2 is 2.16 bits per heavy atom. The van der Waals surface area contributed by atoms with Crippen LogP contribution >= 0.6 is 11.6 Å². The fraction of sp³-hybridized carbons (Fsp3) is 0.111. The Bertz CT molecular complexity index is 930. The molecular weight excluding hydrogens is 345 g/mol. The van der Waals surface area contributed by atoms with Gasteiger partial charge < -0.3 is 14.6 Å². The van der Waals surface area contributed by atoms with Crippen LogP contribution in [-0.4, -0.2) is 15.8 Å². The van der Waals surface area contributed by atoms with Gasteiger partial charge in [0.05, 0.1) is 34.8 Å². The Morgan fingerprint density at radius 3 is 2.92 bits per heavy atom. The van der Waals surface area contributed by atoms with E-state index in [1.165, 1.54) is 18.2 Å². The zero-order chi connectivity index (χ0) is 17.4. The fourth-order valence-electron chi connectivity index (χ4n) is 2.87. The molecule has 2 aromatic heterocycles. The number of hydrogen-bond donors (Lipinski definition) is 1. The number of nitrogens with one attached hydrogen (secondary N) is 1. The molecule has 0 spiro atoms. The highest BCUT2D eigenvalue weighted by atomic mass is 35.5. The number of hydrogen-bond acceptors (Lipinski definition) is 4. The minimum atomic E-state index is -0.531. The number of amides is 1. The number of fused-ring (bicyclic) bond motifs is 1. The van der Waals surface area contributed by atoms with Crippen LogP contribution in [0.5, 0.6) is 0 Å². The molecule has 5 nitrogen and oxygen atoms in total. The summed E-state index contributed by atoms with van der Waals surface area (Å²) in [6, 6.07) is 11.1. The molecule has 1 amide bonds. The van der Waals surface area contributed by atoms with Gasteiger partial charge in [-0.05, 0) is 42.5 Å². The molecule has 3 aromatic rings. The smallest absolute Gasteiger partial charge is 0.258 e. The minimum absolute atomic E-state index is 0.157. The number of carbonyl (C=O) groups excluding carboxylic acids is 1. The Kier molecular flexibility index (Phi) is 3.89. The van der Waals surface area contributed by atoms with Crippen LogP contribution < -0.4 is 5.32 Å². The maximum atomic E-state index is 13.3. The third-order valence-corrected chi connectivity index (χ3v) is 4.34. The number of halogens is 2. The topological polar surface area (TPSA) is 58.4 Å². The predicted octanol–water partition coefficient (Wildman–Crippen LogP) is 4.23. The highest BCUT2D eigenvalue weighted by molar-refractivity contribution is 6.33. The molecule has 4 rings (SSSR count). The molecule has 7 heteroatoms. The van der Waals surface area contributed by atoms with Crippen molar-refractivity contribution in [1.82, 2.24) is 9.88 Å². The van der Waals surface area contributed by atoms with Gasteiger partial charge in [-0.25, -0.2) is 4.39 Å². The molecule has 0 saturated carbocycles. The maximum Gasteiger partial charge on any atom is 0.258 e. The van der Waals surface area contributed by atoms with Gasteiger partial charge in [-0.3, -0.25) is 9.78 Å². The minimum Gasteiger partial charge on any atom is -0.467 e. The molecule has 25 heavy (non-hydrogen) atoms. The molecule has 1 aromatic carbocycles. The van der Waals surface area contributed by atoms with E-state index in [0.29, 0.717) is 22.7 Å². The van der Waals surface area contributed by atoms with Gasteiger partial charge in [0.2, 0.25) is 0 Å². The summed E-state index contributed by atoms with van der Waals surface area (Å²) in [6.45, 7) is 0.276. The zero-order valence-electron chi connectivity index (χ0n) is 12.9. The average Bonchev–Trinajstić information content (AvgIpc) is 3.20. The van der Waals surface area contributed by atoms with Crippen molar-refractivity contribution in [3.05, 3.63) is 82.8 Å². The van der Waals surface area contributed by atoms with Gasteiger partial charge in [0.25, 0.3) is 5.91 Å². The summed E-state index contributed by atoms with van der Waals surface area (Å²) in [5.41, 5.74) is 1.63. The number of nitrogens with zero attached hydrogens (tertiary/aromatic N) is 2. The first-order chi connectivity index (χ1) is 12.1. The van der Waals surface area contributed by atoms with Gasteiger partial charge in [-0.2, -0.15) is 0 Å². The zero-order valence-corrected chi connectivity index (χ0v) is 13.7. The molecule has 1 aliphatic rings. The van der Waals surface area contributed by atoms with Gasteiger partial charge in [-0.15, -0.1) is 0 Å². The summed E-state index contributed by atoms with van der Waals surface area (Å²) in [7, 11) is 0. The summed E-state index contributed by atoms with van der Waals surface area (Å²) < 4.78 is 18.7. The van der Waals surface area contributed by atoms with Gasteiger partial charge >= 0.3 is 0 Å². The lowest BCUT2D eigenvalue weighted by molar-refractivity contribution is 0.0714. The largest absolute Gasteiger partial charge is 0.467 e. The molecular formula is C18H13ClFN3O2. The molecule has 126 valence electrons. The Balaban J connectivity index is 1.71.